The Morgan fingerprint density at radius 3 is 2.52 bits per heavy atom. The number of nitrogens with zero attached hydrogens (tertiary/aromatic N) is 2. The number of hydrogen-bond donors (Lipinski definition) is 3. The number of aliphatic imine (C=N–C) groups is 1. The summed E-state index contributed by atoms with van der Waals surface area (Å²) >= 11 is 4.27. The number of anilines is 1. The Labute approximate surface area is 132 Å². The third kappa shape index (κ3) is 4.79. The fourth-order valence-corrected chi connectivity index (χ4v) is 2.45. The third-order valence-electron chi connectivity index (χ3n) is 3.38. The number of benzene rings is 1. The predicted molar refractivity (Wildman–Crippen MR) is 95.3 cm³/mol. The first kappa shape index (κ1) is 15.9. The molecule has 2 rings (SSSR count). The van der Waals surface area contributed by atoms with Gasteiger partial charge < -0.3 is 15.5 Å². The van der Waals surface area contributed by atoms with E-state index in [4.69, 9.17) is 0 Å². The maximum absolute atomic E-state index is 4.30. The number of piperazine rings is 1. The Bertz CT molecular complexity index is 488. The lowest BCUT2D eigenvalue weighted by atomic mass is 10.1. The zero-order valence-corrected chi connectivity index (χ0v) is 13.6. The molecule has 0 saturated carbocycles. The minimum Gasteiger partial charge on any atom is -0.369 e. The van der Waals surface area contributed by atoms with Crippen LogP contribution >= 0.6 is 12.6 Å². The van der Waals surface area contributed by atoms with E-state index < -0.39 is 0 Å². The van der Waals surface area contributed by atoms with Crippen molar-refractivity contribution in [2.75, 3.05) is 31.1 Å². The summed E-state index contributed by atoms with van der Waals surface area (Å²) in [5, 5.41) is 8.33. The van der Waals surface area contributed by atoms with Crippen molar-refractivity contribution >= 4 is 30.4 Å². The minimum absolute atomic E-state index is 0.286. The Hall–Kier alpha value is -1.46. The van der Waals surface area contributed by atoms with Crippen molar-refractivity contribution in [3.05, 3.63) is 35.2 Å². The smallest absolute Gasteiger partial charge is 0.0871 e. The topological polar surface area (TPSA) is 39.7 Å². The van der Waals surface area contributed by atoms with E-state index in [0.29, 0.717) is 0 Å². The van der Waals surface area contributed by atoms with E-state index >= 15 is 0 Å². The number of hydrogen-bond acceptors (Lipinski definition) is 4. The van der Waals surface area contributed by atoms with Crippen LogP contribution in [0.4, 0.5) is 5.69 Å². The van der Waals surface area contributed by atoms with Gasteiger partial charge in [-0.2, -0.15) is 0 Å². The normalized spacial score (nSPS) is 16.8. The van der Waals surface area contributed by atoms with Crippen molar-refractivity contribution in [3.63, 3.8) is 0 Å². The molecular formula is C16H24N4S. The van der Waals surface area contributed by atoms with E-state index in [2.05, 4.69) is 57.4 Å². The molecule has 0 aliphatic carbocycles. The van der Waals surface area contributed by atoms with E-state index in [9.17, 15) is 0 Å². The van der Waals surface area contributed by atoms with Crippen LogP contribution in [0.2, 0.25) is 0 Å². The molecule has 0 spiro atoms. The molecule has 0 atom stereocenters. The van der Waals surface area contributed by atoms with Gasteiger partial charge in [0.2, 0.25) is 0 Å². The summed E-state index contributed by atoms with van der Waals surface area (Å²) in [6, 6.07) is 8.86. The molecule has 0 aromatic heterocycles. The molecule has 0 amide bonds. The van der Waals surface area contributed by atoms with E-state index in [1.54, 1.807) is 11.7 Å². The number of nitrogens with one attached hydrogen (secondary N) is 2. The van der Waals surface area contributed by atoms with Crippen LogP contribution in [0.5, 0.6) is 0 Å². The van der Waals surface area contributed by atoms with Crippen LogP contribution in [0.25, 0.3) is 5.70 Å². The second-order valence-electron chi connectivity index (χ2n) is 5.34. The molecule has 0 unspecified atom stereocenters. The van der Waals surface area contributed by atoms with Crippen molar-refractivity contribution in [2.24, 2.45) is 4.99 Å². The van der Waals surface area contributed by atoms with Crippen molar-refractivity contribution in [1.29, 1.82) is 0 Å². The second-order valence-corrected chi connectivity index (χ2v) is 5.60. The van der Waals surface area contributed by atoms with Gasteiger partial charge in [-0.3, -0.25) is 4.99 Å². The van der Waals surface area contributed by atoms with Crippen LogP contribution in [0.1, 0.15) is 19.4 Å². The quantitative estimate of drug-likeness (QED) is 0.444. The molecular weight excluding hydrogens is 280 g/mol. The van der Waals surface area contributed by atoms with E-state index in [1.165, 1.54) is 5.69 Å². The summed E-state index contributed by atoms with van der Waals surface area (Å²) in [5.41, 5.74) is 3.34. The molecule has 1 aliphatic rings. The standard InChI is InChI=1S/C16H24N4S/c1-13(2)18-12-19-16(11-21)14-3-5-15(6-4-14)20-9-7-17-8-10-20/h3-6,11-13,17,21H,7-10H2,1-2H3,(H,18,19)/b16-11-. The van der Waals surface area contributed by atoms with Gasteiger partial charge in [0, 0.05) is 37.9 Å². The van der Waals surface area contributed by atoms with Gasteiger partial charge in [-0.05, 0) is 37.0 Å². The average Bonchev–Trinajstić information content (AvgIpc) is 2.52. The molecule has 2 N–H and O–H groups in total. The van der Waals surface area contributed by atoms with Crippen molar-refractivity contribution in [1.82, 2.24) is 10.6 Å². The summed E-state index contributed by atoms with van der Waals surface area (Å²) in [4.78, 5) is 6.70. The minimum atomic E-state index is 0.286. The zero-order valence-electron chi connectivity index (χ0n) is 12.7. The van der Waals surface area contributed by atoms with Crippen LogP contribution < -0.4 is 15.5 Å². The van der Waals surface area contributed by atoms with E-state index in [-0.39, 0.29) is 6.04 Å². The summed E-state index contributed by atoms with van der Waals surface area (Å²) < 4.78 is 0. The SMILES string of the molecule is CC(C)N=CN/C(=C\S)c1ccc(N2CCNCC2)cc1. The highest BCUT2D eigenvalue weighted by atomic mass is 32.1. The van der Waals surface area contributed by atoms with Crippen molar-refractivity contribution < 1.29 is 0 Å². The van der Waals surface area contributed by atoms with Crippen LogP contribution in [0.3, 0.4) is 0 Å². The van der Waals surface area contributed by atoms with Gasteiger partial charge in [-0.25, -0.2) is 0 Å². The Morgan fingerprint density at radius 1 is 1.29 bits per heavy atom. The lowest BCUT2D eigenvalue weighted by Crippen LogP contribution is -2.43. The summed E-state index contributed by atoms with van der Waals surface area (Å²) in [5.74, 6) is 0. The first-order chi connectivity index (χ1) is 10.2. The van der Waals surface area contributed by atoms with Crippen LogP contribution in [0, 0.1) is 0 Å². The third-order valence-corrected chi connectivity index (χ3v) is 3.64. The van der Waals surface area contributed by atoms with E-state index in [1.807, 2.05) is 13.8 Å². The van der Waals surface area contributed by atoms with Crippen LogP contribution in [-0.4, -0.2) is 38.6 Å². The molecule has 1 fully saturated rings. The summed E-state index contributed by atoms with van der Waals surface area (Å²) in [7, 11) is 0. The van der Waals surface area contributed by atoms with Gasteiger partial charge >= 0.3 is 0 Å². The molecule has 4 nitrogen and oxygen atoms in total. The predicted octanol–water partition coefficient (Wildman–Crippen LogP) is 2.35. The highest BCUT2D eigenvalue weighted by Crippen LogP contribution is 2.19. The molecule has 1 aromatic rings. The van der Waals surface area contributed by atoms with Crippen molar-refractivity contribution in [2.45, 2.75) is 19.9 Å². The van der Waals surface area contributed by atoms with Gasteiger partial charge in [-0.15, -0.1) is 12.6 Å². The van der Waals surface area contributed by atoms with Gasteiger partial charge in [0.25, 0.3) is 0 Å². The Kier molecular flexibility index (Phi) is 6.14. The maximum Gasteiger partial charge on any atom is 0.0871 e. The second kappa shape index (κ2) is 8.10. The monoisotopic (exact) mass is 304 g/mol. The zero-order chi connectivity index (χ0) is 15.1. The fourth-order valence-electron chi connectivity index (χ4n) is 2.23. The first-order valence-corrected chi connectivity index (χ1v) is 7.91. The Balaban J connectivity index is 2.02. The molecule has 21 heavy (non-hydrogen) atoms. The largest absolute Gasteiger partial charge is 0.369 e. The molecule has 1 heterocycles. The summed E-state index contributed by atoms with van der Waals surface area (Å²) in [6.07, 6.45) is 1.73. The fraction of sp³-hybridized carbons (Fsp3) is 0.438. The maximum atomic E-state index is 4.30. The molecule has 114 valence electrons. The van der Waals surface area contributed by atoms with Gasteiger partial charge in [0.1, 0.15) is 0 Å². The number of rotatable bonds is 5. The van der Waals surface area contributed by atoms with Gasteiger partial charge in [0.05, 0.1) is 12.0 Å². The molecule has 1 aromatic carbocycles. The molecule has 0 radical (unpaired) electrons. The molecule has 1 saturated heterocycles. The van der Waals surface area contributed by atoms with Crippen LogP contribution in [-0.2, 0) is 0 Å². The van der Waals surface area contributed by atoms with Gasteiger partial charge in [0.15, 0.2) is 0 Å². The lowest BCUT2D eigenvalue weighted by Gasteiger charge is -2.29. The van der Waals surface area contributed by atoms with Crippen LogP contribution in [0.15, 0.2) is 34.7 Å². The lowest BCUT2D eigenvalue weighted by molar-refractivity contribution is 0.589. The molecule has 5 heteroatoms. The molecule has 0 bridgehead atoms. The Morgan fingerprint density at radius 2 is 1.95 bits per heavy atom. The van der Waals surface area contributed by atoms with Crippen molar-refractivity contribution in [3.8, 4) is 0 Å². The first-order valence-electron chi connectivity index (χ1n) is 7.39. The summed E-state index contributed by atoms with van der Waals surface area (Å²) in [6.45, 7) is 8.32. The molecule has 1 aliphatic heterocycles. The van der Waals surface area contributed by atoms with Gasteiger partial charge in [-0.1, -0.05) is 12.1 Å². The average molecular weight is 304 g/mol. The van der Waals surface area contributed by atoms with E-state index in [0.717, 1.165) is 37.4 Å². The highest BCUT2D eigenvalue weighted by molar-refractivity contribution is 7.83. The highest BCUT2D eigenvalue weighted by Gasteiger charge is 2.10. The number of thiol groups is 1.